The highest BCUT2D eigenvalue weighted by Crippen LogP contribution is 2.41. The van der Waals surface area contributed by atoms with E-state index in [1.54, 1.807) is 41.3 Å². The molecule has 2 saturated heterocycles. The molecule has 146 valence electrons. The fraction of sp³-hybridized carbons (Fsp3) is 0.263. The van der Waals surface area contributed by atoms with Crippen LogP contribution in [0.4, 0.5) is 10.1 Å². The van der Waals surface area contributed by atoms with Gasteiger partial charge in [-0.3, -0.25) is 4.79 Å². The van der Waals surface area contributed by atoms with Crippen LogP contribution in [0, 0.1) is 5.82 Å². The van der Waals surface area contributed by atoms with E-state index < -0.39 is 21.6 Å². The maximum atomic E-state index is 13.7. The first-order valence-corrected chi connectivity index (χ1v) is 11.3. The molecule has 2 aromatic carbocycles. The highest BCUT2D eigenvalue weighted by Gasteiger charge is 2.49. The Morgan fingerprint density at radius 2 is 1.96 bits per heavy atom. The molecule has 9 heteroatoms. The Kier molecular flexibility index (Phi) is 5.11. The van der Waals surface area contributed by atoms with Crippen LogP contribution in [0.25, 0.3) is 0 Å². The van der Waals surface area contributed by atoms with Crippen molar-refractivity contribution in [2.75, 3.05) is 23.0 Å². The zero-order chi connectivity index (χ0) is 19.7. The molecule has 2 fully saturated rings. The van der Waals surface area contributed by atoms with Crippen molar-refractivity contribution < 1.29 is 22.3 Å². The van der Waals surface area contributed by atoms with Gasteiger partial charge in [0.25, 0.3) is 5.91 Å². The summed E-state index contributed by atoms with van der Waals surface area (Å²) in [7, 11) is -3.18. The third-order valence-corrected chi connectivity index (χ3v) is 7.69. The molecule has 0 saturated carbocycles. The van der Waals surface area contributed by atoms with Crippen molar-refractivity contribution in [1.29, 1.82) is 0 Å². The predicted molar refractivity (Wildman–Crippen MR) is 107 cm³/mol. The lowest BCUT2D eigenvalue weighted by Crippen LogP contribution is -2.37. The Hall–Kier alpha value is -2.39. The number of amidine groups is 1. The summed E-state index contributed by atoms with van der Waals surface area (Å²) in [5.41, 5.74) is 0.479. The van der Waals surface area contributed by atoms with E-state index in [4.69, 9.17) is 4.74 Å². The molecule has 28 heavy (non-hydrogen) atoms. The number of hydrogen-bond donors (Lipinski definition) is 0. The van der Waals surface area contributed by atoms with Gasteiger partial charge in [0, 0.05) is 10.9 Å². The SMILES string of the molecule is O=C(COc1ccccc1)N=C1S[C@H]2CS(=O)(=O)C[C@@H]2N1c1cccc(F)c1. The smallest absolute Gasteiger partial charge is 0.285 e. The Morgan fingerprint density at radius 3 is 2.71 bits per heavy atom. The molecule has 0 N–H and O–H groups in total. The second kappa shape index (κ2) is 7.56. The second-order valence-electron chi connectivity index (χ2n) is 6.54. The number of rotatable bonds is 4. The van der Waals surface area contributed by atoms with E-state index in [0.717, 1.165) is 0 Å². The van der Waals surface area contributed by atoms with Crippen LogP contribution in [0.5, 0.6) is 5.75 Å². The summed E-state index contributed by atoms with van der Waals surface area (Å²) in [5.74, 6) is -0.405. The van der Waals surface area contributed by atoms with Crippen molar-refractivity contribution in [3.8, 4) is 5.75 Å². The first kappa shape index (κ1) is 18.9. The van der Waals surface area contributed by atoms with Crippen LogP contribution in [0.15, 0.2) is 59.6 Å². The molecule has 4 rings (SSSR count). The first-order valence-electron chi connectivity index (χ1n) is 8.62. The fourth-order valence-electron chi connectivity index (χ4n) is 3.29. The molecule has 0 aliphatic carbocycles. The maximum absolute atomic E-state index is 13.7. The highest BCUT2D eigenvalue weighted by molar-refractivity contribution is 8.16. The van der Waals surface area contributed by atoms with Gasteiger partial charge in [-0.25, -0.2) is 12.8 Å². The Labute approximate surface area is 166 Å². The summed E-state index contributed by atoms with van der Waals surface area (Å²) < 4.78 is 43.2. The number of thioether (sulfide) groups is 1. The van der Waals surface area contributed by atoms with Gasteiger partial charge in [0.05, 0.1) is 17.5 Å². The normalized spacial score (nSPS) is 24.3. The van der Waals surface area contributed by atoms with Crippen LogP contribution in [0.1, 0.15) is 0 Å². The molecule has 2 atom stereocenters. The number of ether oxygens (including phenoxy) is 1. The van der Waals surface area contributed by atoms with Gasteiger partial charge in [-0.2, -0.15) is 4.99 Å². The lowest BCUT2D eigenvalue weighted by molar-refractivity contribution is -0.119. The first-order chi connectivity index (χ1) is 13.4. The van der Waals surface area contributed by atoms with Gasteiger partial charge in [-0.05, 0) is 30.3 Å². The molecule has 0 radical (unpaired) electrons. The number of aliphatic imine (C=N–C) groups is 1. The van der Waals surface area contributed by atoms with E-state index in [1.165, 1.54) is 23.9 Å². The summed E-state index contributed by atoms with van der Waals surface area (Å²) in [6.45, 7) is -0.237. The number of para-hydroxylation sites is 1. The standard InChI is InChI=1S/C19H17FN2O4S2/c20-13-5-4-6-14(9-13)22-16-11-28(24,25)12-17(16)27-19(22)21-18(23)10-26-15-7-2-1-3-8-15/h1-9,16-17H,10-12H2/t16-,17-/m0/s1. The van der Waals surface area contributed by atoms with Gasteiger partial charge in [-0.15, -0.1) is 0 Å². The highest BCUT2D eigenvalue weighted by atomic mass is 32.2. The lowest BCUT2D eigenvalue weighted by atomic mass is 10.2. The molecule has 2 aliphatic heterocycles. The molecule has 1 amide bonds. The predicted octanol–water partition coefficient (Wildman–Crippen LogP) is 2.51. The largest absolute Gasteiger partial charge is 0.484 e. The molecule has 2 aromatic rings. The van der Waals surface area contributed by atoms with Crippen molar-refractivity contribution in [3.05, 3.63) is 60.4 Å². The zero-order valence-electron chi connectivity index (χ0n) is 14.7. The number of carbonyl (C=O) groups excluding carboxylic acids is 1. The van der Waals surface area contributed by atoms with Gasteiger partial charge < -0.3 is 9.64 Å². The molecular weight excluding hydrogens is 403 g/mol. The Morgan fingerprint density at radius 1 is 1.18 bits per heavy atom. The number of carbonyl (C=O) groups is 1. The van der Waals surface area contributed by atoms with Gasteiger partial charge in [0.2, 0.25) is 0 Å². The van der Waals surface area contributed by atoms with Crippen LogP contribution in [0.3, 0.4) is 0 Å². The average Bonchev–Trinajstić information content (AvgIpc) is 3.11. The Balaban J connectivity index is 1.58. The lowest BCUT2D eigenvalue weighted by Gasteiger charge is -2.24. The van der Waals surface area contributed by atoms with Crippen molar-refractivity contribution in [2.45, 2.75) is 11.3 Å². The quantitative estimate of drug-likeness (QED) is 0.757. The number of hydrogen-bond acceptors (Lipinski definition) is 5. The van der Waals surface area contributed by atoms with Crippen molar-refractivity contribution in [1.82, 2.24) is 0 Å². The van der Waals surface area contributed by atoms with Crippen LogP contribution >= 0.6 is 11.8 Å². The maximum Gasteiger partial charge on any atom is 0.285 e. The van der Waals surface area contributed by atoms with E-state index in [2.05, 4.69) is 4.99 Å². The second-order valence-corrected chi connectivity index (χ2v) is 9.90. The minimum atomic E-state index is -3.18. The number of amides is 1. The number of nitrogens with zero attached hydrogens (tertiary/aromatic N) is 2. The van der Waals surface area contributed by atoms with E-state index in [0.29, 0.717) is 16.6 Å². The van der Waals surface area contributed by atoms with Crippen molar-refractivity contribution in [2.24, 2.45) is 4.99 Å². The molecule has 0 bridgehead atoms. The number of benzene rings is 2. The summed E-state index contributed by atoms with van der Waals surface area (Å²) in [6, 6.07) is 14.4. The molecule has 2 heterocycles. The van der Waals surface area contributed by atoms with Gasteiger partial charge in [-0.1, -0.05) is 36.0 Å². The molecular formula is C19H17FN2O4S2. The fourth-order valence-corrected chi connectivity index (χ4v) is 7.22. The van der Waals surface area contributed by atoms with Crippen LogP contribution in [0.2, 0.25) is 0 Å². The Bertz CT molecular complexity index is 1030. The summed E-state index contributed by atoms with van der Waals surface area (Å²) in [4.78, 5) is 18.1. The van der Waals surface area contributed by atoms with Crippen molar-refractivity contribution >= 4 is 38.4 Å². The summed E-state index contributed by atoms with van der Waals surface area (Å²) in [6.07, 6.45) is 0. The molecule has 2 aliphatic rings. The van der Waals surface area contributed by atoms with Crippen LogP contribution in [-0.4, -0.2) is 48.9 Å². The monoisotopic (exact) mass is 420 g/mol. The topological polar surface area (TPSA) is 76.0 Å². The number of anilines is 1. The number of fused-ring (bicyclic) bond motifs is 1. The third kappa shape index (κ3) is 4.05. The van der Waals surface area contributed by atoms with E-state index in [-0.39, 0.29) is 29.4 Å². The van der Waals surface area contributed by atoms with Gasteiger partial charge >= 0.3 is 0 Å². The molecule has 6 nitrogen and oxygen atoms in total. The van der Waals surface area contributed by atoms with Gasteiger partial charge in [0.15, 0.2) is 21.6 Å². The van der Waals surface area contributed by atoms with Crippen LogP contribution < -0.4 is 9.64 Å². The third-order valence-electron chi connectivity index (χ3n) is 4.48. The molecule has 0 spiro atoms. The number of sulfone groups is 1. The molecule has 0 unspecified atom stereocenters. The summed E-state index contributed by atoms with van der Waals surface area (Å²) >= 11 is 1.24. The molecule has 0 aromatic heterocycles. The van der Waals surface area contributed by atoms with Crippen LogP contribution in [-0.2, 0) is 14.6 Å². The van der Waals surface area contributed by atoms with E-state index in [1.807, 2.05) is 6.07 Å². The van der Waals surface area contributed by atoms with Crippen molar-refractivity contribution in [3.63, 3.8) is 0 Å². The average molecular weight is 420 g/mol. The van der Waals surface area contributed by atoms with E-state index in [9.17, 15) is 17.6 Å². The summed E-state index contributed by atoms with van der Waals surface area (Å²) in [5, 5.41) is 0.132. The minimum absolute atomic E-state index is 0.0157. The van der Waals surface area contributed by atoms with Gasteiger partial charge in [0.1, 0.15) is 11.6 Å². The number of halogens is 1. The zero-order valence-corrected chi connectivity index (χ0v) is 16.3. The van der Waals surface area contributed by atoms with E-state index >= 15 is 0 Å². The minimum Gasteiger partial charge on any atom is -0.484 e.